The molecule has 2 saturated carbocycles. The zero-order chi connectivity index (χ0) is 10.3. The first-order valence-electron chi connectivity index (χ1n) is 6.35. The molecule has 1 aliphatic heterocycles. The van der Waals surface area contributed by atoms with E-state index in [9.17, 15) is 4.79 Å². The van der Waals surface area contributed by atoms with Crippen molar-refractivity contribution in [3.63, 3.8) is 0 Å². The quantitative estimate of drug-likeness (QED) is 0.783. The van der Waals surface area contributed by atoms with Crippen LogP contribution < -0.4 is 10.6 Å². The molecule has 2 aliphatic carbocycles. The predicted molar refractivity (Wildman–Crippen MR) is 65.6 cm³/mol. The second kappa shape index (κ2) is 4.92. The Bertz CT molecular complexity index is 246. The van der Waals surface area contributed by atoms with Gasteiger partial charge < -0.3 is 10.6 Å². The molecule has 0 spiro atoms. The first-order valence-corrected chi connectivity index (χ1v) is 6.35. The third kappa shape index (κ3) is 2.69. The van der Waals surface area contributed by atoms with Gasteiger partial charge in [0.05, 0.1) is 5.92 Å². The smallest absolute Gasteiger partial charge is 0.224 e. The van der Waals surface area contributed by atoms with Gasteiger partial charge in [-0.15, -0.1) is 12.4 Å². The van der Waals surface area contributed by atoms with E-state index in [0.717, 1.165) is 31.3 Å². The molecule has 4 heteroatoms. The summed E-state index contributed by atoms with van der Waals surface area (Å²) in [7, 11) is 0. The van der Waals surface area contributed by atoms with Crippen LogP contribution in [0.15, 0.2) is 0 Å². The number of halogens is 1. The van der Waals surface area contributed by atoms with E-state index in [0.29, 0.717) is 11.9 Å². The van der Waals surface area contributed by atoms with Gasteiger partial charge in [0.1, 0.15) is 0 Å². The fraction of sp³-hybridized carbons (Fsp3) is 0.917. The molecule has 1 unspecified atom stereocenters. The van der Waals surface area contributed by atoms with Gasteiger partial charge in [0, 0.05) is 12.6 Å². The van der Waals surface area contributed by atoms with E-state index in [2.05, 4.69) is 10.6 Å². The van der Waals surface area contributed by atoms with Gasteiger partial charge >= 0.3 is 0 Å². The maximum Gasteiger partial charge on any atom is 0.224 e. The highest BCUT2D eigenvalue weighted by Crippen LogP contribution is 2.44. The van der Waals surface area contributed by atoms with Crippen LogP contribution in [0.5, 0.6) is 0 Å². The van der Waals surface area contributed by atoms with E-state index in [1.807, 2.05) is 0 Å². The normalized spacial score (nSPS) is 28.9. The maximum atomic E-state index is 12.0. The van der Waals surface area contributed by atoms with E-state index in [1.165, 1.54) is 25.7 Å². The van der Waals surface area contributed by atoms with Crippen molar-refractivity contribution < 1.29 is 4.79 Å². The number of carbonyl (C=O) groups is 1. The van der Waals surface area contributed by atoms with Crippen molar-refractivity contribution in [3.8, 4) is 0 Å². The highest BCUT2D eigenvalue weighted by atomic mass is 35.5. The molecule has 0 radical (unpaired) electrons. The number of hydrogen-bond acceptors (Lipinski definition) is 2. The van der Waals surface area contributed by atoms with E-state index < -0.39 is 0 Å². The summed E-state index contributed by atoms with van der Waals surface area (Å²) in [6.45, 7) is 1.89. The van der Waals surface area contributed by atoms with Gasteiger partial charge in [-0.3, -0.25) is 4.79 Å². The lowest BCUT2D eigenvalue weighted by Gasteiger charge is -2.19. The van der Waals surface area contributed by atoms with Crippen molar-refractivity contribution in [2.75, 3.05) is 13.1 Å². The van der Waals surface area contributed by atoms with Crippen molar-refractivity contribution in [1.29, 1.82) is 0 Å². The molecule has 16 heavy (non-hydrogen) atoms. The van der Waals surface area contributed by atoms with Crippen molar-refractivity contribution in [2.45, 2.75) is 38.1 Å². The van der Waals surface area contributed by atoms with Crippen molar-refractivity contribution in [3.05, 3.63) is 0 Å². The third-order valence-corrected chi connectivity index (χ3v) is 4.00. The van der Waals surface area contributed by atoms with Gasteiger partial charge in [-0.2, -0.15) is 0 Å². The SMILES string of the molecule is Cl.O=C(NC(C1CC1)C1CC1)C1CCNC1. The Hall–Kier alpha value is -0.280. The predicted octanol–water partition coefficient (Wildman–Crippen LogP) is 1.32. The molecule has 0 bridgehead atoms. The van der Waals surface area contributed by atoms with Crippen molar-refractivity contribution in [1.82, 2.24) is 10.6 Å². The van der Waals surface area contributed by atoms with Crippen LogP contribution in [0, 0.1) is 17.8 Å². The number of carbonyl (C=O) groups excluding carboxylic acids is 1. The molecule has 0 aromatic carbocycles. The zero-order valence-corrected chi connectivity index (χ0v) is 10.4. The lowest BCUT2D eigenvalue weighted by atomic mass is 10.0. The number of hydrogen-bond donors (Lipinski definition) is 2. The Kier molecular flexibility index (Phi) is 3.75. The number of amides is 1. The van der Waals surface area contributed by atoms with Gasteiger partial charge in [-0.05, 0) is 50.5 Å². The highest BCUT2D eigenvalue weighted by Gasteiger charge is 2.42. The summed E-state index contributed by atoms with van der Waals surface area (Å²) in [5.74, 6) is 2.18. The summed E-state index contributed by atoms with van der Waals surface area (Å²) >= 11 is 0. The molecule has 1 amide bonds. The first-order chi connectivity index (χ1) is 7.34. The fourth-order valence-corrected chi connectivity index (χ4v) is 2.69. The molecule has 3 rings (SSSR count). The Labute approximate surface area is 103 Å². The molecule has 1 heterocycles. The average Bonchev–Trinajstić information content (AvgIpc) is 3.15. The van der Waals surface area contributed by atoms with Crippen LogP contribution in [0.2, 0.25) is 0 Å². The number of nitrogens with one attached hydrogen (secondary N) is 2. The van der Waals surface area contributed by atoms with E-state index in [1.54, 1.807) is 0 Å². The minimum Gasteiger partial charge on any atom is -0.353 e. The molecule has 1 atom stereocenters. The first kappa shape index (κ1) is 12.2. The Balaban J connectivity index is 0.000000963. The average molecular weight is 245 g/mol. The monoisotopic (exact) mass is 244 g/mol. The molecule has 0 aromatic rings. The molecule has 3 nitrogen and oxygen atoms in total. The summed E-state index contributed by atoms with van der Waals surface area (Å²) in [4.78, 5) is 12.0. The van der Waals surface area contributed by atoms with Crippen LogP contribution in [-0.4, -0.2) is 25.0 Å². The van der Waals surface area contributed by atoms with Gasteiger partial charge in [0.2, 0.25) is 5.91 Å². The van der Waals surface area contributed by atoms with Gasteiger partial charge in [-0.1, -0.05) is 0 Å². The van der Waals surface area contributed by atoms with Crippen molar-refractivity contribution in [2.24, 2.45) is 17.8 Å². The summed E-state index contributed by atoms with van der Waals surface area (Å²) < 4.78 is 0. The molecule has 3 aliphatic rings. The Morgan fingerprint density at radius 3 is 2.19 bits per heavy atom. The van der Waals surface area contributed by atoms with Crippen LogP contribution in [0.25, 0.3) is 0 Å². The van der Waals surface area contributed by atoms with Gasteiger partial charge in [0.15, 0.2) is 0 Å². The van der Waals surface area contributed by atoms with Crippen LogP contribution in [0.1, 0.15) is 32.1 Å². The second-order valence-electron chi connectivity index (χ2n) is 5.40. The minimum atomic E-state index is 0. The van der Waals surface area contributed by atoms with Crippen LogP contribution >= 0.6 is 12.4 Å². The molecular weight excluding hydrogens is 224 g/mol. The summed E-state index contributed by atoms with van der Waals surface area (Å²) in [6, 6.07) is 0.526. The van der Waals surface area contributed by atoms with Crippen LogP contribution in [-0.2, 0) is 4.79 Å². The summed E-state index contributed by atoms with van der Waals surface area (Å²) in [5.41, 5.74) is 0. The zero-order valence-electron chi connectivity index (χ0n) is 9.58. The van der Waals surface area contributed by atoms with E-state index in [-0.39, 0.29) is 18.3 Å². The van der Waals surface area contributed by atoms with Crippen LogP contribution in [0.3, 0.4) is 0 Å². The Morgan fingerprint density at radius 1 is 1.12 bits per heavy atom. The Morgan fingerprint density at radius 2 is 1.75 bits per heavy atom. The minimum absolute atomic E-state index is 0. The molecule has 1 saturated heterocycles. The molecular formula is C12H21ClN2O. The van der Waals surface area contributed by atoms with E-state index in [4.69, 9.17) is 0 Å². The standard InChI is InChI=1S/C12H20N2O.ClH/c15-12(10-5-6-13-7-10)14-11(8-1-2-8)9-3-4-9;/h8-11,13H,1-7H2,(H,14,15);1H. The topological polar surface area (TPSA) is 41.1 Å². The van der Waals surface area contributed by atoms with Crippen molar-refractivity contribution >= 4 is 18.3 Å². The van der Waals surface area contributed by atoms with Gasteiger partial charge in [-0.25, -0.2) is 0 Å². The van der Waals surface area contributed by atoms with E-state index >= 15 is 0 Å². The van der Waals surface area contributed by atoms with Gasteiger partial charge in [0.25, 0.3) is 0 Å². The fourth-order valence-electron chi connectivity index (χ4n) is 2.69. The second-order valence-corrected chi connectivity index (χ2v) is 5.40. The molecule has 2 N–H and O–H groups in total. The summed E-state index contributed by atoms with van der Waals surface area (Å²) in [6.07, 6.45) is 6.37. The lowest BCUT2D eigenvalue weighted by molar-refractivity contribution is -0.125. The van der Waals surface area contributed by atoms with Crippen LogP contribution in [0.4, 0.5) is 0 Å². The summed E-state index contributed by atoms with van der Waals surface area (Å²) in [5, 5.41) is 6.56. The highest BCUT2D eigenvalue weighted by molar-refractivity contribution is 5.85. The lowest BCUT2D eigenvalue weighted by Crippen LogP contribution is -2.42. The maximum absolute atomic E-state index is 12.0. The molecule has 3 fully saturated rings. The number of rotatable bonds is 4. The largest absolute Gasteiger partial charge is 0.353 e. The molecule has 0 aromatic heterocycles. The molecule has 92 valence electrons. The third-order valence-electron chi connectivity index (χ3n) is 4.00.